The normalized spacial score (nSPS) is 7.67. The van der Waals surface area contributed by atoms with Gasteiger partial charge in [0.15, 0.2) is 0 Å². The standard InChI is InChI=1S/C4H10N2O.C2H6N2O/c1-3-6(4-2)5-7;1-4(2)3-5/h3-4H2,1-2H3;1-2H3. The van der Waals surface area contributed by atoms with Crippen molar-refractivity contribution in [3.63, 3.8) is 0 Å². The van der Waals surface area contributed by atoms with Gasteiger partial charge in [0.05, 0.1) is 10.6 Å². The van der Waals surface area contributed by atoms with Gasteiger partial charge in [-0.25, -0.2) is 0 Å². The van der Waals surface area contributed by atoms with Crippen LogP contribution in [0.15, 0.2) is 10.6 Å². The van der Waals surface area contributed by atoms with Crippen molar-refractivity contribution in [3.05, 3.63) is 9.81 Å². The zero-order chi connectivity index (χ0) is 9.98. The van der Waals surface area contributed by atoms with Gasteiger partial charge in [0.25, 0.3) is 0 Å². The Balaban J connectivity index is 0. The second-order valence-electron chi connectivity index (χ2n) is 2.15. The molecule has 0 aliphatic carbocycles. The van der Waals surface area contributed by atoms with Crippen LogP contribution in [0.3, 0.4) is 0 Å². The first-order chi connectivity index (χ1) is 5.62. The Labute approximate surface area is 72.4 Å². The van der Waals surface area contributed by atoms with Crippen LogP contribution < -0.4 is 0 Å². The topological polar surface area (TPSA) is 65.3 Å². The molecule has 12 heavy (non-hydrogen) atoms. The summed E-state index contributed by atoms with van der Waals surface area (Å²) in [6.45, 7) is 5.20. The Hall–Kier alpha value is -1.20. The molecule has 0 N–H and O–H groups in total. The van der Waals surface area contributed by atoms with E-state index in [1.54, 1.807) is 14.1 Å². The number of rotatable bonds is 4. The fraction of sp³-hybridized carbons (Fsp3) is 1.00. The summed E-state index contributed by atoms with van der Waals surface area (Å²) in [4.78, 5) is 18.8. The molecule has 0 aliphatic rings. The Morgan fingerprint density at radius 3 is 1.33 bits per heavy atom. The Morgan fingerprint density at radius 1 is 1.00 bits per heavy atom. The summed E-state index contributed by atoms with van der Waals surface area (Å²) in [5, 5.41) is 7.82. The lowest BCUT2D eigenvalue weighted by Gasteiger charge is -2.06. The molecule has 0 bridgehead atoms. The Kier molecular flexibility index (Phi) is 10.9. The highest BCUT2D eigenvalue weighted by atomic mass is 16.3. The van der Waals surface area contributed by atoms with Gasteiger partial charge < -0.3 is 0 Å². The van der Waals surface area contributed by atoms with Crippen LogP contribution >= 0.6 is 0 Å². The Bertz CT molecular complexity index is 114. The van der Waals surface area contributed by atoms with Crippen molar-refractivity contribution >= 4 is 0 Å². The fourth-order valence-corrected chi connectivity index (χ4v) is 0.339. The summed E-state index contributed by atoms with van der Waals surface area (Å²) in [5.74, 6) is 0. The molecule has 0 amide bonds. The summed E-state index contributed by atoms with van der Waals surface area (Å²) in [6.07, 6.45) is 0. The van der Waals surface area contributed by atoms with Gasteiger partial charge in [0.1, 0.15) is 0 Å². The molecule has 72 valence electrons. The average Bonchev–Trinajstić information content (AvgIpc) is 2.09. The van der Waals surface area contributed by atoms with Crippen molar-refractivity contribution in [2.75, 3.05) is 27.2 Å². The molecule has 0 spiro atoms. The lowest BCUT2D eigenvalue weighted by molar-refractivity contribution is 0.317. The molecular formula is C6H16N4O2. The minimum Gasteiger partial charge on any atom is -0.267 e. The molecule has 0 atom stereocenters. The van der Waals surface area contributed by atoms with E-state index >= 15 is 0 Å². The van der Waals surface area contributed by atoms with Crippen molar-refractivity contribution in [3.8, 4) is 0 Å². The Morgan fingerprint density at radius 2 is 1.33 bits per heavy atom. The van der Waals surface area contributed by atoms with E-state index in [0.717, 1.165) is 0 Å². The maximum atomic E-state index is 9.64. The van der Waals surface area contributed by atoms with Gasteiger partial charge in [-0.2, -0.15) is 0 Å². The molecule has 0 fully saturated rings. The molecule has 0 heterocycles. The molecular weight excluding hydrogens is 160 g/mol. The van der Waals surface area contributed by atoms with Crippen LogP contribution in [-0.4, -0.2) is 37.2 Å². The van der Waals surface area contributed by atoms with Gasteiger partial charge >= 0.3 is 0 Å². The predicted octanol–water partition coefficient (Wildman–Crippen LogP) is 1.24. The second kappa shape index (κ2) is 9.80. The summed E-state index contributed by atoms with van der Waals surface area (Å²) in [5.41, 5.74) is 0. The van der Waals surface area contributed by atoms with E-state index in [1.807, 2.05) is 13.8 Å². The molecule has 6 heteroatoms. The first-order valence-corrected chi connectivity index (χ1v) is 3.71. The largest absolute Gasteiger partial charge is 0.267 e. The molecule has 0 radical (unpaired) electrons. The van der Waals surface area contributed by atoms with Crippen molar-refractivity contribution < 1.29 is 0 Å². The monoisotopic (exact) mass is 176 g/mol. The third-order valence-electron chi connectivity index (χ3n) is 1.01. The van der Waals surface area contributed by atoms with E-state index in [4.69, 9.17) is 0 Å². The van der Waals surface area contributed by atoms with Crippen LogP contribution in [0.4, 0.5) is 0 Å². The first-order valence-electron chi connectivity index (χ1n) is 3.71. The molecule has 0 aromatic carbocycles. The van der Waals surface area contributed by atoms with E-state index in [0.29, 0.717) is 13.1 Å². The summed E-state index contributed by atoms with van der Waals surface area (Å²) in [7, 11) is 3.15. The minimum absolute atomic E-state index is 0.708. The quantitative estimate of drug-likeness (QED) is 0.477. The van der Waals surface area contributed by atoms with E-state index < -0.39 is 0 Å². The molecule has 6 nitrogen and oxygen atoms in total. The molecule has 0 aromatic rings. The van der Waals surface area contributed by atoms with E-state index in [2.05, 4.69) is 10.6 Å². The number of hydrogen-bond acceptors (Lipinski definition) is 4. The molecule has 0 rings (SSSR count). The van der Waals surface area contributed by atoms with Crippen LogP contribution in [0, 0.1) is 9.81 Å². The SMILES string of the molecule is CCN(CC)N=O.CN(C)N=O. The first kappa shape index (κ1) is 13.4. The fourth-order valence-electron chi connectivity index (χ4n) is 0.339. The lowest BCUT2D eigenvalue weighted by Crippen LogP contribution is -2.14. The van der Waals surface area contributed by atoms with Gasteiger partial charge in [-0.15, -0.1) is 9.81 Å². The summed E-state index contributed by atoms with van der Waals surface area (Å²) >= 11 is 0. The van der Waals surface area contributed by atoms with Crippen molar-refractivity contribution in [1.29, 1.82) is 0 Å². The number of hydrogen-bond donors (Lipinski definition) is 0. The smallest absolute Gasteiger partial charge is 0.0523 e. The second-order valence-corrected chi connectivity index (χ2v) is 2.15. The van der Waals surface area contributed by atoms with Crippen molar-refractivity contribution in [2.24, 2.45) is 10.6 Å². The van der Waals surface area contributed by atoms with Gasteiger partial charge in [0.2, 0.25) is 0 Å². The molecule has 0 aliphatic heterocycles. The molecule has 0 saturated heterocycles. The van der Waals surface area contributed by atoms with Crippen LogP contribution in [0.2, 0.25) is 0 Å². The third kappa shape index (κ3) is 11.6. The zero-order valence-corrected chi connectivity index (χ0v) is 8.02. The van der Waals surface area contributed by atoms with Crippen LogP contribution in [0.5, 0.6) is 0 Å². The van der Waals surface area contributed by atoms with Gasteiger partial charge in [0, 0.05) is 27.2 Å². The van der Waals surface area contributed by atoms with Crippen molar-refractivity contribution in [2.45, 2.75) is 13.8 Å². The lowest BCUT2D eigenvalue weighted by atomic mass is 10.6. The van der Waals surface area contributed by atoms with Gasteiger partial charge in [-0.05, 0) is 13.8 Å². The average molecular weight is 176 g/mol. The van der Waals surface area contributed by atoms with Crippen LogP contribution in [-0.2, 0) is 0 Å². The highest BCUT2D eigenvalue weighted by Gasteiger charge is 1.88. The van der Waals surface area contributed by atoms with E-state index in [1.165, 1.54) is 10.0 Å². The van der Waals surface area contributed by atoms with Crippen LogP contribution in [0.25, 0.3) is 0 Å². The zero-order valence-electron chi connectivity index (χ0n) is 8.02. The highest BCUT2D eigenvalue weighted by molar-refractivity contribution is 4.38. The van der Waals surface area contributed by atoms with Gasteiger partial charge in [-0.1, -0.05) is 0 Å². The van der Waals surface area contributed by atoms with E-state index in [-0.39, 0.29) is 0 Å². The summed E-state index contributed by atoms with van der Waals surface area (Å²) < 4.78 is 0. The third-order valence-corrected chi connectivity index (χ3v) is 1.01. The maximum Gasteiger partial charge on any atom is 0.0523 e. The molecule has 0 unspecified atom stereocenters. The van der Waals surface area contributed by atoms with Crippen molar-refractivity contribution in [1.82, 2.24) is 10.0 Å². The van der Waals surface area contributed by atoms with Crippen LogP contribution in [0.1, 0.15) is 13.8 Å². The molecule has 0 saturated carbocycles. The number of nitrogens with zero attached hydrogens (tertiary/aromatic N) is 4. The molecule has 0 aromatic heterocycles. The number of nitroso groups, excluding NO2 is 2. The predicted molar refractivity (Wildman–Crippen MR) is 48.2 cm³/mol. The van der Waals surface area contributed by atoms with E-state index in [9.17, 15) is 9.81 Å². The maximum absolute atomic E-state index is 9.64. The van der Waals surface area contributed by atoms with Gasteiger partial charge in [-0.3, -0.25) is 10.0 Å². The highest BCUT2D eigenvalue weighted by Crippen LogP contribution is 1.82. The minimum atomic E-state index is 0.708. The summed E-state index contributed by atoms with van der Waals surface area (Å²) in [6, 6.07) is 0.